The summed E-state index contributed by atoms with van der Waals surface area (Å²) in [7, 11) is 0. The van der Waals surface area contributed by atoms with Crippen molar-refractivity contribution in [1.82, 2.24) is 4.90 Å². The third kappa shape index (κ3) is 5.65. The van der Waals surface area contributed by atoms with Gasteiger partial charge in [0.1, 0.15) is 6.61 Å². The maximum Gasteiger partial charge on any atom is 0.253 e. The molecule has 6 nitrogen and oxygen atoms in total. The largest absolute Gasteiger partial charge is 0.395 e. The van der Waals surface area contributed by atoms with Crippen LogP contribution in [0.4, 0.5) is 0 Å². The van der Waals surface area contributed by atoms with Crippen LogP contribution in [-0.2, 0) is 11.3 Å². The van der Waals surface area contributed by atoms with Crippen molar-refractivity contribution in [2.75, 3.05) is 26.3 Å². The van der Waals surface area contributed by atoms with Gasteiger partial charge in [-0.1, -0.05) is 47.6 Å². The molecule has 0 aromatic heterocycles. The molecule has 1 amide bonds. The number of carbonyl (C=O) groups is 1. The molecule has 0 spiro atoms. The fourth-order valence-electron chi connectivity index (χ4n) is 3.50. The number of amides is 1. The van der Waals surface area contributed by atoms with E-state index in [1.165, 1.54) is 5.56 Å². The molecule has 0 bridgehead atoms. The number of aliphatic hydroxyl groups excluding tert-OH is 1. The van der Waals surface area contributed by atoms with Crippen LogP contribution in [-0.4, -0.2) is 53.5 Å². The fourth-order valence-corrected chi connectivity index (χ4v) is 3.50. The molecule has 6 heteroatoms. The van der Waals surface area contributed by atoms with Crippen molar-refractivity contribution in [1.29, 1.82) is 0 Å². The molecule has 2 aromatic carbocycles. The second-order valence-corrected chi connectivity index (χ2v) is 7.67. The molecule has 3 rings (SSSR count). The molecule has 3 N–H and O–H groups in total. The minimum Gasteiger partial charge on any atom is -0.395 e. The monoisotopic (exact) mass is 395 g/mol. The van der Waals surface area contributed by atoms with Crippen LogP contribution in [0.3, 0.4) is 0 Å². The number of oxime groups is 1. The first kappa shape index (κ1) is 21.0. The molecule has 0 aliphatic carbocycles. The summed E-state index contributed by atoms with van der Waals surface area (Å²) in [6.45, 7) is 3.32. The lowest BCUT2D eigenvalue weighted by Crippen LogP contribution is -2.57. The van der Waals surface area contributed by atoms with Crippen LogP contribution in [0.2, 0.25) is 0 Å². The molecule has 1 saturated heterocycles. The Morgan fingerprint density at radius 1 is 1.17 bits per heavy atom. The molecule has 2 aromatic rings. The highest BCUT2D eigenvalue weighted by atomic mass is 16.6. The van der Waals surface area contributed by atoms with Gasteiger partial charge in [-0.2, -0.15) is 0 Å². The van der Waals surface area contributed by atoms with E-state index in [0.717, 1.165) is 30.5 Å². The van der Waals surface area contributed by atoms with E-state index in [1.807, 2.05) is 37.3 Å². The summed E-state index contributed by atoms with van der Waals surface area (Å²) in [6, 6.07) is 17.5. The first-order chi connectivity index (χ1) is 14.0. The number of piperidine rings is 1. The van der Waals surface area contributed by atoms with E-state index in [9.17, 15) is 9.90 Å². The number of rotatable bonds is 7. The summed E-state index contributed by atoms with van der Waals surface area (Å²) >= 11 is 0. The van der Waals surface area contributed by atoms with Gasteiger partial charge < -0.3 is 20.6 Å². The van der Waals surface area contributed by atoms with Crippen molar-refractivity contribution in [3.05, 3.63) is 71.3 Å². The van der Waals surface area contributed by atoms with E-state index in [2.05, 4.69) is 17.3 Å². The number of likely N-dealkylation sites (tertiary alicyclic amines) is 1. The quantitative estimate of drug-likeness (QED) is 0.428. The Kier molecular flexibility index (Phi) is 7.01. The Labute approximate surface area is 172 Å². The van der Waals surface area contributed by atoms with E-state index >= 15 is 0 Å². The summed E-state index contributed by atoms with van der Waals surface area (Å²) < 4.78 is 0. The molecule has 1 atom stereocenters. The third-order valence-electron chi connectivity index (χ3n) is 5.29. The standard InChI is InChI=1S/C23H29N3O3/c1-18(25-29-15-12-19-6-3-2-4-7-19)20-8-10-21(11-9-20)22(28)26-14-5-13-23(24,16-26)17-27/h2-4,6-11,27H,5,12-17,24H2,1H3/b25-18+. The Balaban J connectivity index is 1.55. The first-order valence-corrected chi connectivity index (χ1v) is 10.0. The number of nitrogens with zero attached hydrogens (tertiary/aromatic N) is 2. The number of hydrogen-bond acceptors (Lipinski definition) is 5. The minimum absolute atomic E-state index is 0.0618. The van der Waals surface area contributed by atoms with E-state index in [4.69, 9.17) is 10.6 Å². The van der Waals surface area contributed by atoms with Crippen LogP contribution < -0.4 is 5.73 Å². The van der Waals surface area contributed by atoms with Gasteiger partial charge in [0.15, 0.2) is 0 Å². The average Bonchev–Trinajstić information content (AvgIpc) is 2.77. The van der Waals surface area contributed by atoms with E-state index in [-0.39, 0.29) is 12.5 Å². The van der Waals surface area contributed by atoms with Gasteiger partial charge in [0.2, 0.25) is 0 Å². The molecule has 29 heavy (non-hydrogen) atoms. The predicted molar refractivity (Wildman–Crippen MR) is 114 cm³/mol. The van der Waals surface area contributed by atoms with Crippen LogP contribution in [0.5, 0.6) is 0 Å². The van der Waals surface area contributed by atoms with Gasteiger partial charge in [-0.15, -0.1) is 0 Å². The van der Waals surface area contributed by atoms with Crippen LogP contribution in [0.1, 0.15) is 41.3 Å². The lowest BCUT2D eigenvalue weighted by Gasteiger charge is -2.39. The van der Waals surface area contributed by atoms with Crippen LogP contribution in [0, 0.1) is 0 Å². The van der Waals surface area contributed by atoms with Gasteiger partial charge in [0.25, 0.3) is 5.91 Å². The number of nitrogens with two attached hydrogens (primary N) is 1. The van der Waals surface area contributed by atoms with Crippen molar-refractivity contribution in [2.45, 2.75) is 31.7 Å². The van der Waals surface area contributed by atoms with Crippen LogP contribution in [0.15, 0.2) is 59.8 Å². The molecular weight excluding hydrogens is 366 g/mol. The van der Waals surface area contributed by atoms with Crippen molar-refractivity contribution < 1.29 is 14.7 Å². The summed E-state index contributed by atoms with van der Waals surface area (Å²) in [4.78, 5) is 19.9. The van der Waals surface area contributed by atoms with E-state index in [1.54, 1.807) is 17.0 Å². The van der Waals surface area contributed by atoms with Crippen LogP contribution >= 0.6 is 0 Å². The zero-order valence-corrected chi connectivity index (χ0v) is 16.9. The molecule has 1 aliphatic heterocycles. The number of aliphatic hydroxyl groups is 1. The maximum atomic E-state index is 12.8. The molecule has 0 saturated carbocycles. The lowest BCUT2D eigenvalue weighted by molar-refractivity contribution is 0.0559. The van der Waals surface area contributed by atoms with E-state index < -0.39 is 5.54 Å². The SMILES string of the molecule is C/C(=N\OCCc1ccccc1)c1ccc(C(=O)N2CCCC(N)(CO)C2)cc1. The van der Waals surface area contributed by atoms with Crippen molar-refractivity contribution in [3.63, 3.8) is 0 Å². The summed E-state index contributed by atoms with van der Waals surface area (Å²) in [5, 5.41) is 13.7. The number of carbonyl (C=O) groups excluding carboxylic acids is 1. The number of hydrogen-bond donors (Lipinski definition) is 2. The Morgan fingerprint density at radius 3 is 2.55 bits per heavy atom. The average molecular weight is 396 g/mol. The first-order valence-electron chi connectivity index (χ1n) is 10.0. The molecular formula is C23H29N3O3. The molecule has 1 unspecified atom stereocenters. The summed E-state index contributed by atoms with van der Waals surface area (Å²) in [6.07, 6.45) is 2.33. The highest BCUT2D eigenvalue weighted by Gasteiger charge is 2.33. The van der Waals surface area contributed by atoms with Gasteiger partial charge in [-0.3, -0.25) is 4.79 Å². The van der Waals surface area contributed by atoms with Crippen molar-refractivity contribution >= 4 is 11.6 Å². The minimum atomic E-state index is -0.700. The molecule has 1 heterocycles. The van der Waals surface area contributed by atoms with Crippen LogP contribution in [0.25, 0.3) is 0 Å². The molecule has 1 aliphatic rings. The van der Waals surface area contributed by atoms with Gasteiger partial charge in [-0.05, 0) is 43.0 Å². The second kappa shape index (κ2) is 9.67. The summed E-state index contributed by atoms with van der Waals surface area (Å²) in [5.41, 5.74) is 8.93. The normalized spacial score (nSPS) is 19.8. The Morgan fingerprint density at radius 2 is 1.86 bits per heavy atom. The highest BCUT2D eigenvalue weighted by Crippen LogP contribution is 2.20. The zero-order chi connectivity index (χ0) is 20.7. The summed E-state index contributed by atoms with van der Waals surface area (Å²) in [5.74, 6) is -0.0618. The topological polar surface area (TPSA) is 88.2 Å². The van der Waals surface area contributed by atoms with Gasteiger partial charge in [-0.25, -0.2) is 0 Å². The molecule has 154 valence electrons. The number of benzene rings is 2. The Bertz CT molecular complexity index is 836. The van der Waals surface area contributed by atoms with Gasteiger partial charge >= 0.3 is 0 Å². The highest BCUT2D eigenvalue weighted by molar-refractivity contribution is 6.00. The molecule has 0 radical (unpaired) electrons. The van der Waals surface area contributed by atoms with Gasteiger partial charge in [0, 0.05) is 25.1 Å². The van der Waals surface area contributed by atoms with Gasteiger partial charge in [0.05, 0.1) is 17.9 Å². The maximum absolute atomic E-state index is 12.8. The van der Waals surface area contributed by atoms with E-state index in [0.29, 0.717) is 25.3 Å². The lowest BCUT2D eigenvalue weighted by atomic mass is 9.90. The zero-order valence-electron chi connectivity index (χ0n) is 16.9. The smallest absolute Gasteiger partial charge is 0.253 e. The van der Waals surface area contributed by atoms with Crippen molar-refractivity contribution in [2.24, 2.45) is 10.9 Å². The Hall–Kier alpha value is -2.70. The third-order valence-corrected chi connectivity index (χ3v) is 5.29. The van der Waals surface area contributed by atoms with Crippen molar-refractivity contribution in [3.8, 4) is 0 Å². The fraction of sp³-hybridized carbons (Fsp3) is 0.391. The molecule has 1 fully saturated rings. The predicted octanol–water partition coefficient (Wildman–Crippen LogP) is 2.60. The second-order valence-electron chi connectivity index (χ2n) is 7.67.